The van der Waals surface area contributed by atoms with Gasteiger partial charge in [0.05, 0.1) is 16.8 Å². The zero-order valence-electron chi connectivity index (χ0n) is 23.9. The summed E-state index contributed by atoms with van der Waals surface area (Å²) >= 11 is 1.50. The van der Waals surface area contributed by atoms with Crippen LogP contribution in [0.2, 0.25) is 0 Å². The van der Waals surface area contributed by atoms with E-state index in [-0.39, 0.29) is 5.75 Å². The van der Waals surface area contributed by atoms with Gasteiger partial charge >= 0.3 is 5.97 Å². The fourth-order valence-corrected chi connectivity index (χ4v) is 5.24. The average Bonchev–Trinajstić information content (AvgIpc) is 2.94. The second-order valence-electron chi connectivity index (χ2n) is 10.3. The summed E-state index contributed by atoms with van der Waals surface area (Å²) in [7, 11) is 0. The van der Waals surface area contributed by atoms with E-state index < -0.39 is 17.9 Å². The summed E-state index contributed by atoms with van der Waals surface area (Å²) in [5.41, 5.74) is 6.53. The Kier molecular flexibility index (Phi) is 12.2. The second kappa shape index (κ2) is 15.8. The van der Waals surface area contributed by atoms with Crippen LogP contribution in [0.1, 0.15) is 63.7 Å². The molecule has 0 bridgehead atoms. The number of pyridine rings is 1. The smallest absolute Gasteiger partial charge is 0.327 e. The summed E-state index contributed by atoms with van der Waals surface area (Å²) < 4.78 is 0. The van der Waals surface area contributed by atoms with Gasteiger partial charge in [-0.25, -0.2) is 9.78 Å². The molecule has 3 rings (SSSR count). The number of allylic oxidation sites excluding steroid dienone is 5. The minimum absolute atomic E-state index is 0.274. The Balaban J connectivity index is 1.59. The van der Waals surface area contributed by atoms with Crippen LogP contribution < -0.4 is 5.32 Å². The molecule has 0 unspecified atom stereocenters. The van der Waals surface area contributed by atoms with Crippen LogP contribution in [0, 0.1) is 0 Å². The number of benzene rings is 2. The molecule has 3 aromatic rings. The third-order valence-electron chi connectivity index (χ3n) is 6.58. The van der Waals surface area contributed by atoms with Crippen LogP contribution in [-0.4, -0.2) is 39.5 Å². The average molecular weight is 557 g/mol. The number of amides is 1. The van der Waals surface area contributed by atoms with Crippen molar-refractivity contribution in [1.29, 1.82) is 0 Å². The molecule has 0 fully saturated rings. The van der Waals surface area contributed by atoms with Crippen molar-refractivity contribution < 1.29 is 14.7 Å². The number of hydrogen-bond donors (Lipinski definition) is 2. The molecule has 0 spiro atoms. The molecular formula is C34H40N2O3S. The third kappa shape index (κ3) is 9.83. The summed E-state index contributed by atoms with van der Waals surface area (Å²) in [5.74, 6) is -0.522. The molecule has 0 aliphatic rings. The number of thioether (sulfide) groups is 1. The highest BCUT2D eigenvalue weighted by Crippen LogP contribution is 2.26. The topological polar surface area (TPSA) is 79.3 Å². The number of rotatable bonds is 14. The van der Waals surface area contributed by atoms with Gasteiger partial charge in [0.25, 0.3) is 5.91 Å². The Morgan fingerprint density at radius 2 is 1.55 bits per heavy atom. The van der Waals surface area contributed by atoms with Gasteiger partial charge in [-0.05, 0) is 65.5 Å². The summed E-state index contributed by atoms with van der Waals surface area (Å²) in [6.45, 7) is 8.55. The van der Waals surface area contributed by atoms with E-state index in [0.717, 1.165) is 42.1 Å². The molecule has 0 radical (unpaired) electrons. The molecule has 210 valence electrons. The third-order valence-corrected chi connectivity index (χ3v) is 7.55. The van der Waals surface area contributed by atoms with Gasteiger partial charge in [-0.1, -0.05) is 83.5 Å². The van der Waals surface area contributed by atoms with Crippen molar-refractivity contribution in [3.63, 3.8) is 0 Å². The van der Waals surface area contributed by atoms with Crippen molar-refractivity contribution in [2.75, 3.05) is 11.5 Å². The van der Waals surface area contributed by atoms with E-state index in [2.05, 4.69) is 51.2 Å². The first-order valence-corrected chi connectivity index (χ1v) is 14.9. The summed E-state index contributed by atoms with van der Waals surface area (Å²) in [6.07, 6.45) is 10.9. The lowest BCUT2D eigenvalue weighted by Gasteiger charge is -2.16. The lowest BCUT2D eigenvalue weighted by Crippen LogP contribution is -2.42. The molecule has 1 heterocycles. The number of fused-ring (bicyclic) bond motifs is 1. The summed E-state index contributed by atoms with van der Waals surface area (Å²) in [6, 6.07) is 17.9. The fourth-order valence-electron chi connectivity index (χ4n) is 4.24. The molecule has 2 aromatic carbocycles. The number of carboxylic acids is 1. The zero-order valence-corrected chi connectivity index (χ0v) is 24.8. The van der Waals surface area contributed by atoms with Crippen LogP contribution in [0.3, 0.4) is 0 Å². The number of carbonyl (C=O) groups excluding carboxylic acids is 1. The Morgan fingerprint density at radius 1 is 0.900 bits per heavy atom. The number of carboxylic acid groups (broad SMARTS) is 1. The van der Waals surface area contributed by atoms with Gasteiger partial charge in [-0.15, -0.1) is 0 Å². The predicted molar refractivity (Wildman–Crippen MR) is 169 cm³/mol. The van der Waals surface area contributed by atoms with Gasteiger partial charge < -0.3 is 10.4 Å². The lowest BCUT2D eigenvalue weighted by atomic mass is 10.0. The van der Waals surface area contributed by atoms with Crippen molar-refractivity contribution >= 4 is 34.5 Å². The first kappa shape index (κ1) is 30.9. The molecule has 1 atom stereocenters. The van der Waals surface area contributed by atoms with Gasteiger partial charge in [0.2, 0.25) is 0 Å². The number of nitrogens with zero attached hydrogens (tertiary/aromatic N) is 1. The maximum atomic E-state index is 13.4. The first-order valence-electron chi connectivity index (χ1n) is 13.8. The molecule has 40 heavy (non-hydrogen) atoms. The van der Waals surface area contributed by atoms with Crippen molar-refractivity contribution in [1.82, 2.24) is 10.3 Å². The van der Waals surface area contributed by atoms with Crippen LogP contribution in [0.15, 0.2) is 95.6 Å². The molecule has 0 aliphatic carbocycles. The molecule has 6 heteroatoms. The minimum Gasteiger partial charge on any atom is -0.480 e. The maximum Gasteiger partial charge on any atom is 0.327 e. The fraction of sp³-hybridized carbons (Fsp3) is 0.324. The van der Waals surface area contributed by atoms with E-state index in [0.29, 0.717) is 17.0 Å². The quantitative estimate of drug-likeness (QED) is 0.154. The van der Waals surface area contributed by atoms with Crippen LogP contribution in [0.4, 0.5) is 0 Å². The molecule has 1 amide bonds. The zero-order chi connectivity index (χ0) is 28.9. The number of para-hydroxylation sites is 1. The van der Waals surface area contributed by atoms with Crippen LogP contribution in [0.5, 0.6) is 0 Å². The van der Waals surface area contributed by atoms with Gasteiger partial charge in [0, 0.05) is 22.5 Å². The molecule has 5 nitrogen and oxygen atoms in total. The number of aromatic nitrogens is 1. The Bertz CT molecular complexity index is 1390. The summed E-state index contributed by atoms with van der Waals surface area (Å²) in [4.78, 5) is 30.1. The van der Waals surface area contributed by atoms with Gasteiger partial charge in [-0.2, -0.15) is 11.8 Å². The van der Waals surface area contributed by atoms with E-state index in [1.165, 1.54) is 28.5 Å². The van der Waals surface area contributed by atoms with E-state index in [1.54, 1.807) is 6.07 Å². The maximum absolute atomic E-state index is 13.4. The van der Waals surface area contributed by atoms with Crippen molar-refractivity contribution in [2.45, 2.75) is 59.4 Å². The molecule has 1 aromatic heterocycles. The van der Waals surface area contributed by atoms with E-state index >= 15 is 0 Å². The molecule has 0 saturated heterocycles. The highest BCUT2D eigenvalue weighted by molar-refractivity contribution is 7.99. The van der Waals surface area contributed by atoms with Crippen LogP contribution in [-0.2, 0) is 4.79 Å². The summed E-state index contributed by atoms with van der Waals surface area (Å²) in [5, 5.41) is 13.4. The molecule has 0 saturated carbocycles. The van der Waals surface area contributed by atoms with Crippen molar-refractivity contribution in [3.8, 4) is 11.3 Å². The highest BCUT2D eigenvalue weighted by atomic mass is 32.2. The normalized spacial score (nSPS) is 12.7. The molecular weight excluding hydrogens is 516 g/mol. The van der Waals surface area contributed by atoms with Gasteiger partial charge in [0.1, 0.15) is 6.04 Å². The lowest BCUT2D eigenvalue weighted by molar-refractivity contribution is -0.138. The predicted octanol–water partition coefficient (Wildman–Crippen LogP) is 8.24. The Hall–Kier alpha value is -3.64. The standard InChI is InChI=1S/C34H40N2O3S/c1-24(2)12-10-13-25(3)14-11-15-26(4)20-21-40-23-31(34(38)39)36-33(37)29-22-28-18-8-9-19-30(28)35-32(29)27-16-6-5-7-17-27/h5-9,12,14,16-20,22,31H,10-11,13,15,21,23H2,1-4H3,(H,36,37)(H,38,39)/b25-14+,26-20+/t31-/m0/s1. The van der Waals surface area contributed by atoms with Gasteiger partial charge in [-0.3, -0.25) is 4.79 Å². The van der Waals surface area contributed by atoms with Crippen LogP contribution in [0.25, 0.3) is 22.2 Å². The Morgan fingerprint density at radius 3 is 2.25 bits per heavy atom. The van der Waals surface area contributed by atoms with Gasteiger partial charge in [0.15, 0.2) is 0 Å². The second-order valence-corrected chi connectivity index (χ2v) is 11.4. The van der Waals surface area contributed by atoms with Crippen LogP contribution >= 0.6 is 11.8 Å². The number of nitrogens with one attached hydrogen (secondary N) is 1. The largest absolute Gasteiger partial charge is 0.480 e. The number of carbonyl (C=O) groups is 2. The number of aliphatic carboxylic acids is 1. The SMILES string of the molecule is CC(C)=CCC/C(C)=C/CC/C(C)=C/CSC[C@H](NC(=O)c1cc2ccccc2nc1-c1ccccc1)C(=O)O. The van der Waals surface area contributed by atoms with E-state index in [4.69, 9.17) is 4.98 Å². The Labute approximate surface area is 242 Å². The van der Waals surface area contributed by atoms with E-state index in [9.17, 15) is 14.7 Å². The van der Waals surface area contributed by atoms with Crippen molar-refractivity contribution in [2.24, 2.45) is 0 Å². The highest BCUT2D eigenvalue weighted by Gasteiger charge is 2.23. The number of hydrogen-bond acceptors (Lipinski definition) is 4. The monoisotopic (exact) mass is 556 g/mol. The van der Waals surface area contributed by atoms with Crippen molar-refractivity contribution in [3.05, 3.63) is 101 Å². The minimum atomic E-state index is -1.05. The first-order chi connectivity index (χ1) is 19.2. The molecule has 2 N–H and O–H groups in total. The van der Waals surface area contributed by atoms with E-state index in [1.807, 2.05) is 54.6 Å². The molecule has 0 aliphatic heterocycles.